The normalized spacial score (nSPS) is 11.2. The summed E-state index contributed by atoms with van der Waals surface area (Å²) in [6.45, 7) is 1.05. The van der Waals surface area contributed by atoms with Gasteiger partial charge >= 0.3 is 0 Å². The fourth-order valence-electron chi connectivity index (χ4n) is 2.63. The molecule has 2 nitrogen and oxygen atoms in total. The van der Waals surface area contributed by atoms with Crippen LogP contribution in [0.2, 0.25) is 0 Å². The molecule has 0 spiro atoms. The molecule has 0 saturated heterocycles. The third kappa shape index (κ3) is 2.67. The van der Waals surface area contributed by atoms with E-state index in [0.717, 1.165) is 29.1 Å². The molecule has 0 aliphatic carbocycles. The molecule has 4 heteroatoms. The Hall–Kier alpha value is -2.20. The standard InChI is InChI=1S/C17H16F2N2/c1-20-9-13-11-21(17-5-3-2-4-15(13)17)10-12-8-14(18)6-7-16(12)19/h2-8,11,20H,9-10H2,1H3. The minimum Gasteiger partial charge on any atom is -0.343 e. The number of hydrogen-bond donors (Lipinski definition) is 1. The van der Waals surface area contributed by atoms with Crippen molar-refractivity contribution in [1.29, 1.82) is 0 Å². The summed E-state index contributed by atoms with van der Waals surface area (Å²) in [4.78, 5) is 0. The van der Waals surface area contributed by atoms with Crippen molar-refractivity contribution in [2.24, 2.45) is 0 Å². The molecule has 0 fully saturated rings. The van der Waals surface area contributed by atoms with Crippen LogP contribution in [0.3, 0.4) is 0 Å². The van der Waals surface area contributed by atoms with Gasteiger partial charge in [0, 0.05) is 29.2 Å². The summed E-state index contributed by atoms with van der Waals surface area (Å²) in [6, 6.07) is 11.5. The molecule has 2 aromatic carbocycles. The predicted octanol–water partition coefficient (Wildman–Crippen LogP) is 3.69. The number of fused-ring (bicyclic) bond motifs is 1. The van der Waals surface area contributed by atoms with E-state index in [-0.39, 0.29) is 5.82 Å². The highest BCUT2D eigenvalue weighted by molar-refractivity contribution is 5.84. The number of halogens is 2. The van der Waals surface area contributed by atoms with E-state index in [1.54, 1.807) is 0 Å². The molecular formula is C17H16F2N2. The first-order valence-electron chi connectivity index (χ1n) is 6.84. The first-order chi connectivity index (χ1) is 10.2. The molecule has 0 amide bonds. The van der Waals surface area contributed by atoms with Crippen molar-refractivity contribution in [2.45, 2.75) is 13.1 Å². The van der Waals surface area contributed by atoms with E-state index in [4.69, 9.17) is 0 Å². The molecule has 108 valence electrons. The highest BCUT2D eigenvalue weighted by Crippen LogP contribution is 2.23. The van der Waals surface area contributed by atoms with Gasteiger partial charge in [-0.25, -0.2) is 8.78 Å². The Kier molecular flexibility index (Phi) is 3.71. The van der Waals surface area contributed by atoms with Crippen LogP contribution >= 0.6 is 0 Å². The number of aromatic nitrogens is 1. The van der Waals surface area contributed by atoms with Crippen molar-refractivity contribution >= 4 is 10.9 Å². The van der Waals surface area contributed by atoms with E-state index in [1.807, 2.05) is 42.1 Å². The van der Waals surface area contributed by atoms with Crippen LogP contribution in [-0.4, -0.2) is 11.6 Å². The lowest BCUT2D eigenvalue weighted by Gasteiger charge is -2.07. The Morgan fingerprint density at radius 2 is 1.86 bits per heavy atom. The maximum absolute atomic E-state index is 13.8. The second-order valence-corrected chi connectivity index (χ2v) is 5.07. The Morgan fingerprint density at radius 3 is 2.67 bits per heavy atom. The van der Waals surface area contributed by atoms with Gasteiger partial charge in [0.2, 0.25) is 0 Å². The lowest BCUT2D eigenvalue weighted by molar-refractivity contribution is 0.579. The highest BCUT2D eigenvalue weighted by Gasteiger charge is 2.10. The molecule has 0 aliphatic heterocycles. The molecular weight excluding hydrogens is 270 g/mol. The summed E-state index contributed by atoms with van der Waals surface area (Å²) < 4.78 is 29.1. The van der Waals surface area contributed by atoms with Crippen LogP contribution in [0.1, 0.15) is 11.1 Å². The molecule has 0 bridgehead atoms. The second-order valence-electron chi connectivity index (χ2n) is 5.07. The fraction of sp³-hybridized carbons (Fsp3) is 0.176. The van der Waals surface area contributed by atoms with Gasteiger partial charge in [-0.2, -0.15) is 0 Å². The Morgan fingerprint density at radius 1 is 1.05 bits per heavy atom. The van der Waals surface area contributed by atoms with E-state index >= 15 is 0 Å². The number of para-hydroxylation sites is 1. The Labute approximate surface area is 122 Å². The Bertz CT molecular complexity index is 778. The predicted molar refractivity (Wildman–Crippen MR) is 80.2 cm³/mol. The molecule has 1 heterocycles. The van der Waals surface area contributed by atoms with Crippen LogP contribution in [-0.2, 0) is 13.1 Å². The zero-order valence-electron chi connectivity index (χ0n) is 11.7. The van der Waals surface area contributed by atoms with E-state index in [9.17, 15) is 8.78 Å². The topological polar surface area (TPSA) is 17.0 Å². The van der Waals surface area contributed by atoms with E-state index in [2.05, 4.69) is 5.32 Å². The molecule has 0 aliphatic rings. The minimum atomic E-state index is -0.418. The maximum Gasteiger partial charge on any atom is 0.128 e. The number of nitrogens with zero attached hydrogens (tertiary/aromatic N) is 1. The SMILES string of the molecule is CNCc1cn(Cc2cc(F)ccc2F)c2ccccc12. The second kappa shape index (κ2) is 5.66. The zero-order chi connectivity index (χ0) is 14.8. The summed E-state index contributed by atoms with van der Waals surface area (Å²) in [5, 5.41) is 4.25. The van der Waals surface area contributed by atoms with Gasteiger partial charge in [-0.1, -0.05) is 18.2 Å². The summed E-state index contributed by atoms with van der Waals surface area (Å²) in [5.74, 6) is -0.803. The van der Waals surface area contributed by atoms with Crippen LogP contribution < -0.4 is 5.32 Å². The Balaban J connectivity index is 2.06. The number of rotatable bonds is 4. The molecule has 0 atom stereocenters. The van der Waals surface area contributed by atoms with Gasteiger partial charge in [0.15, 0.2) is 0 Å². The average molecular weight is 286 g/mol. The van der Waals surface area contributed by atoms with Crippen molar-refractivity contribution < 1.29 is 8.78 Å². The number of benzene rings is 2. The minimum absolute atomic E-state index is 0.313. The van der Waals surface area contributed by atoms with Gasteiger partial charge in [0.25, 0.3) is 0 Å². The lowest BCUT2D eigenvalue weighted by atomic mass is 10.2. The summed E-state index contributed by atoms with van der Waals surface area (Å²) in [6.07, 6.45) is 1.99. The first-order valence-corrected chi connectivity index (χ1v) is 6.84. The largest absolute Gasteiger partial charge is 0.343 e. The van der Waals surface area contributed by atoms with Crippen molar-refractivity contribution in [3.8, 4) is 0 Å². The third-order valence-electron chi connectivity index (χ3n) is 3.59. The van der Waals surface area contributed by atoms with E-state index in [1.165, 1.54) is 12.1 Å². The average Bonchev–Trinajstić information content (AvgIpc) is 2.82. The summed E-state index contributed by atoms with van der Waals surface area (Å²) in [7, 11) is 1.89. The fourth-order valence-corrected chi connectivity index (χ4v) is 2.63. The van der Waals surface area contributed by atoms with Crippen molar-refractivity contribution in [3.05, 3.63) is 71.4 Å². The zero-order valence-corrected chi connectivity index (χ0v) is 11.7. The summed E-state index contributed by atoms with van der Waals surface area (Å²) in [5.41, 5.74) is 2.52. The van der Waals surface area contributed by atoms with Gasteiger partial charge in [0.05, 0.1) is 6.54 Å². The maximum atomic E-state index is 13.8. The van der Waals surface area contributed by atoms with Gasteiger partial charge in [-0.15, -0.1) is 0 Å². The van der Waals surface area contributed by atoms with Crippen LogP contribution in [0.4, 0.5) is 8.78 Å². The monoisotopic (exact) mass is 286 g/mol. The molecule has 0 saturated carbocycles. The van der Waals surface area contributed by atoms with Crippen LogP contribution in [0.15, 0.2) is 48.7 Å². The number of hydrogen-bond acceptors (Lipinski definition) is 1. The van der Waals surface area contributed by atoms with Crippen LogP contribution in [0.5, 0.6) is 0 Å². The third-order valence-corrected chi connectivity index (χ3v) is 3.59. The first kappa shape index (κ1) is 13.8. The molecule has 3 rings (SSSR count). The molecule has 1 aromatic heterocycles. The van der Waals surface area contributed by atoms with Crippen molar-refractivity contribution in [2.75, 3.05) is 7.05 Å². The molecule has 3 aromatic rings. The quantitative estimate of drug-likeness (QED) is 0.774. The molecule has 0 unspecified atom stereocenters. The van der Waals surface area contributed by atoms with Gasteiger partial charge in [0.1, 0.15) is 11.6 Å². The van der Waals surface area contributed by atoms with Crippen LogP contribution in [0.25, 0.3) is 10.9 Å². The van der Waals surface area contributed by atoms with E-state index in [0.29, 0.717) is 12.1 Å². The molecule has 0 radical (unpaired) electrons. The summed E-state index contributed by atoms with van der Waals surface area (Å²) >= 11 is 0. The smallest absolute Gasteiger partial charge is 0.128 e. The van der Waals surface area contributed by atoms with Gasteiger partial charge in [-0.3, -0.25) is 0 Å². The lowest BCUT2D eigenvalue weighted by Crippen LogP contribution is -2.05. The van der Waals surface area contributed by atoms with Gasteiger partial charge in [-0.05, 0) is 36.9 Å². The highest BCUT2D eigenvalue weighted by atomic mass is 19.1. The van der Waals surface area contributed by atoms with Gasteiger partial charge < -0.3 is 9.88 Å². The van der Waals surface area contributed by atoms with Crippen molar-refractivity contribution in [3.63, 3.8) is 0 Å². The molecule has 21 heavy (non-hydrogen) atoms. The van der Waals surface area contributed by atoms with Crippen molar-refractivity contribution in [1.82, 2.24) is 9.88 Å². The van der Waals surface area contributed by atoms with E-state index < -0.39 is 5.82 Å². The number of nitrogens with one attached hydrogen (secondary N) is 1. The molecule has 1 N–H and O–H groups in total. The van der Waals surface area contributed by atoms with Crippen LogP contribution in [0, 0.1) is 11.6 Å².